The third-order valence-corrected chi connectivity index (χ3v) is 5.43. The van der Waals surface area contributed by atoms with E-state index in [2.05, 4.69) is 48.4 Å². The van der Waals surface area contributed by atoms with Crippen molar-refractivity contribution in [2.75, 3.05) is 13.2 Å². The van der Waals surface area contributed by atoms with Gasteiger partial charge in [-0.25, -0.2) is 0 Å². The van der Waals surface area contributed by atoms with Gasteiger partial charge in [-0.1, -0.05) is 31.2 Å². The summed E-state index contributed by atoms with van der Waals surface area (Å²) in [6, 6.07) is 12.8. The molecule has 1 N–H and O–H groups in total. The fourth-order valence-corrected chi connectivity index (χ4v) is 3.48. The lowest BCUT2D eigenvalue weighted by Crippen LogP contribution is -2.48. The average molecular weight is 352 g/mol. The largest absolute Gasteiger partial charge is 0.381 e. The molecule has 2 heterocycles. The van der Waals surface area contributed by atoms with Crippen molar-refractivity contribution in [2.24, 2.45) is 5.41 Å². The van der Waals surface area contributed by atoms with Crippen LogP contribution >= 0.6 is 0 Å². The lowest BCUT2D eigenvalue weighted by atomic mass is 9.74. The number of pyridine rings is 1. The molecule has 0 bridgehead atoms. The number of hydrogen-bond donors (Lipinski definition) is 1. The van der Waals surface area contributed by atoms with E-state index >= 15 is 0 Å². The fourth-order valence-electron chi connectivity index (χ4n) is 3.48. The Kier molecular flexibility index (Phi) is 6.04. The molecule has 1 amide bonds. The van der Waals surface area contributed by atoms with Gasteiger partial charge >= 0.3 is 0 Å². The molecule has 1 aliphatic heterocycles. The van der Waals surface area contributed by atoms with Gasteiger partial charge in [0, 0.05) is 31.6 Å². The molecular formula is C22H28N2O2. The Morgan fingerprint density at radius 1 is 1.12 bits per heavy atom. The Hall–Kier alpha value is -2.20. The first-order chi connectivity index (χ1) is 12.6. The van der Waals surface area contributed by atoms with E-state index < -0.39 is 0 Å². The number of carbonyl (C=O) groups is 1. The first-order valence-electron chi connectivity index (χ1n) is 9.51. The summed E-state index contributed by atoms with van der Waals surface area (Å²) in [6.07, 6.45) is 6.87. The van der Waals surface area contributed by atoms with Crippen molar-refractivity contribution in [2.45, 2.75) is 45.6 Å². The first kappa shape index (κ1) is 18.6. The molecule has 3 rings (SSSR count). The molecule has 1 aliphatic rings. The van der Waals surface area contributed by atoms with Gasteiger partial charge in [-0.2, -0.15) is 0 Å². The number of amides is 1. The molecule has 0 spiro atoms. The molecule has 0 saturated carbocycles. The molecule has 1 fully saturated rings. The van der Waals surface area contributed by atoms with Crippen molar-refractivity contribution >= 4 is 5.91 Å². The number of aromatic nitrogens is 1. The summed E-state index contributed by atoms with van der Waals surface area (Å²) in [4.78, 5) is 17.1. The number of nitrogens with zero attached hydrogens (tertiary/aromatic N) is 1. The summed E-state index contributed by atoms with van der Waals surface area (Å²) < 4.78 is 5.53. The highest BCUT2D eigenvalue weighted by Crippen LogP contribution is 2.35. The molecule has 138 valence electrons. The number of hydrogen-bond acceptors (Lipinski definition) is 3. The van der Waals surface area contributed by atoms with Gasteiger partial charge < -0.3 is 10.1 Å². The smallest absolute Gasteiger partial charge is 0.226 e. The second-order valence-corrected chi connectivity index (χ2v) is 7.29. The summed E-state index contributed by atoms with van der Waals surface area (Å²) in [5.41, 5.74) is 3.16. The van der Waals surface area contributed by atoms with Crippen molar-refractivity contribution in [3.63, 3.8) is 0 Å². The molecule has 1 atom stereocenters. The second kappa shape index (κ2) is 8.45. The van der Waals surface area contributed by atoms with Gasteiger partial charge in [-0.3, -0.25) is 9.78 Å². The standard InChI is InChI=1S/C22H28N2O2/c1-3-17(2)24-21(25)22(10-14-26-15-11-22)16-18-4-6-19(7-5-18)20-8-12-23-13-9-20/h4-9,12-13,17H,3,10-11,14-16H2,1-2H3,(H,24,25)/t17-/m1/s1. The molecule has 0 unspecified atom stereocenters. The maximum Gasteiger partial charge on any atom is 0.226 e. The summed E-state index contributed by atoms with van der Waals surface area (Å²) in [5.74, 6) is 0.174. The molecule has 0 radical (unpaired) electrons. The van der Waals surface area contributed by atoms with Gasteiger partial charge in [0.1, 0.15) is 0 Å². The summed E-state index contributed by atoms with van der Waals surface area (Å²) in [5, 5.41) is 3.20. The predicted molar refractivity (Wildman–Crippen MR) is 104 cm³/mol. The third kappa shape index (κ3) is 4.31. The van der Waals surface area contributed by atoms with E-state index in [1.54, 1.807) is 12.4 Å². The van der Waals surface area contributed by atoms with Crippen LogP contribution in [0.4, 0.5) is 0 Å². The Morgan fingerprint density at radius 2 is 1.73 bits per heavy atom. The summed E-state index contributed by atoms with van der Waals surface area (Å²) in [6.45, 7) is 5.47. The van der Waals surface area contributed by atoms with Crippen molar-refractivity contribution in [1.82, 2.24) is 10.3 Å². The van der Waals surface area contributed by atoms with Crippen LogP contribution in [-0.2, 0) is 16.0 Å². The minimum atomic E-state index is -0.361. The number of nitrogens with one attached hydrogen (secondary N) is 1. The van der Waals surface area contributed by atoms with E-state index in [1.807, 2.05) is 12.1 Å². The van der Waals surface area contributed by atoms with Crippen LogP contribution in [-0.4, -0.2) is 30.1 Å². The van der Waals surface area contributed by atoms with Crippen LogP contribution in [0, 0.1) is 5.41 Å². The molecule has 4 nitrogen and oxygen atoms in total. The Morgan fingerprint density at radius 3 is 2.35 bits per heavy atom. The SMILES string of the molecule is CC[C@@H](C)NC(=O)C1(Cc2ccc(-c3ccncc3)cc2)CCOCC1. The van der Waals surface area contributed by atoms with Gasteiger partial charge in [-0.05, 0) is 61.4 Å². The van der Waals surface area contributed by atoms with Crippen molar-refractivity contribution < 1.29 is 9.53 Å². The van der Waals surface area contributed by atoms with Crippen LogP contribution in [0.15, 0.2) is 48.8 Å². The van der Waals surface area contributed by atoms with Gasteiger partial charge in [-0.15, -0.1) is 0 Å². The highest BCUT2D eigenvalue weighted by atomic mass is 16.5. The van der Waals surface area contributed by atoms with Crippen molar-refractivity contribution in [3.05, 3.63) is 54.4 Å². The van der Waals surface area contributed by atoms with Crippen molar-refractivity contribution in [1.29, 1.82) is 0 Å². The lowest BCUT2D eigenvalue weighted by molar-refractivity contribution is -0.137. The molecule has 0 aliphatic carbocycles. The van der Waals surface area contributed by atoms with Crippen LogP contribution in [0.3, 0.4) is 0 Å². The van der Waals surface area contributed by atoms with Gasteiger partial charge in [0.05, 0.1) is 5.41 Å². The van der Waals surface area contributed by atoms with E-state index in [1.165, 1.54) is 11.1 Å². The minimum absolute atomic E-state index is 0.174. The lowest BCUT2D eigenvalue weighted by Gasteiger charge is -2.36. The molecule has 2 aromatic rings. The van der Waals surface area contributed by atoms with Crippen LogP contribution in [0.5, 0.6) is 0 Å². The number of ether oxygens (including phenoxy) is 1. The van der Waals surface area contributed by atoms with Crippen LogP contribution in [0.1, 0.15) is 38.7 Å². The monoisotopic (exact) mass is 352 g/mol. The number of benzene rings is 1. The van der Waals surface area contributed by atoms with E-state index in [4.69, 9.17) is 4.74 Å². The van der Waals surface area contributed by atoms with E-state index in [0.717, 1.165) is 31.2 Å². The van der Waals surface area contributed by atoms with E-state index in [-0.39, 0.29) is 17.4 Å². The van der Waals surface area contributed by atoms with Crippen LogP contribution < -0.4 is 5.32 Å². The molecule has 1 aromatic heterocycles. The Bertz CT molecular complexity index is 707. The van der Waals surface area contributed by atoms with Gasteiger partial charge in [0.25, 0.3) is 0 Å². The normalized spacial score (nSPS) is 17.5. The molecule has 4 heteroatoms. The van der Waals surface area contributed by atoms with Crippen molar-refractivity contribution in [3.8, 4) is 11.1 Å². The Balaban J connectivity index is 1.77. The zero-order valence-corrected chi connectivity index (χ0v) is 15.7. The van der Waals surface area contributed by atoms with Crippen LogP contribution in [0.2, 0.25) is 0 Å². The highest BCUT2D eigenvalue weighted by Gasteiger charge is 2.40. The van der Waals surface area contributed by atoms with E-state index in [9.17, 15) is 4.79 Å². The number of carbonyl (C=O) groups excluding carboxylic acids is 1. The molecular weight excluding hydrogens is 324 g/mol. The maximum absolute atomic E-state index is 13.0. The quantitative estimate of drug-likeness (QED) is 0.855. The molecule has 1 saturated heterocycles. The maximum atomic E-state index is 13.0. The summed E-state index contributed by atoms with van der Waals surface area (Å²) >= 11 is 0. The second-order valence-electron chi connectivity index (χ2n) is 7.29. The van der Waals surface area contributed by atoms with Crippen LogP contribution in [0.25, 0.3) is 11.1 Å². The zero-order chi connectivity index (χ0) is 18.4. The molecule has 1 aromatic carbocycles. The fraction of sp³-hybridized carbons (Fsp3) is 0.455. The number of rotatable bonds is 6. The summed E-state index contributed by atoms with van der Waals surface area (Å²) in [7, 11) is 0. The first-order valence-corrected chi connectivity index (χ1v) is 9.51. The predicted octanol–water partition coefficient (Wildman–Crippen LogP) is 4.00. The Labute approximate surface area is 156 Å². The minimum Gasteiger partial charge on any atom is -0.381 e. The van der Waals surface area contributed by atoms with Gasteiger partial charge in [0.15, 0.2) is 0 Å². The zero-order valence-electron chi connectivity index (χ0n) is 15.7. The van der Waals surface area contributed by atoms with E-state index in [0.29, 0.717) is 13.2 Å². The third-order valence-electron chi connectivity index (χ3n) is 5.43. The molecule has 26 heavy (non-hydrogen) atoms. The topological polar surface area (TPSA) is 51.2 Å². The van der Waals surface area contributed by atoms with Gasteiger partial charge in [0.2, 0.25) is 5.91 Å². The average Bonchev–Trinajstić information content (AvgIpc) is 2.70. The highest BCUT2D eigenvalue weighted by molar-refractivity contribution is 5.83.